The predicted molar refractivity (Wildman–Crippen MR) is 125 cm³/mol. The van der Waals surface area contributed by atoms with Crippen LogP contribution in [0.4, 0.5) is 0 Å². The fraction of sp³-hybridized carbons (Fsp3) is 0.296. The molecule has 5 rings (SSSR count). The van der Waals surface area contributed by atoms with E-state index in [4.69, 9.17) is 4.84 Å². The van der Waals surface area contributed by atoms with Gasteiger partial charge in [0.05, 0.1) is 6.54 Å². The van der Waals surface area contributed by atoms with Gasteiger partial charge in [0.15, 0.2) is 6.23 Å². The van der Waals surface area contributed by atoms with Gasteiger partial charge < -0.3 is 9.74 Å². The van der Waals surface area contributed by atoms with Crippen molar-refractivity contribution in [3.8, 4) is 0 Å². The molecule has 2 aliphatic heterocycles. The highest BCUT2D eigenvalue weighted by Crippen LogP contribution is 2.30. The van der Waals surface area contributed by atoms with Gasteiger partial charge in [-0.2, -0.15) is 0 Å². The zero-order valence-corrected chi connectivity index (χ0v) is 18.0. The van der Waals surface area contributed by atoms with Crippen LogP contribution in [-0.4, -0.2) is 42.0 Å². The molecule has 0 bridgehead atoms. The third kappa shape index (κ3) is 4.35. The van der Waals surface area contributed by atoms with Crippen LogP contribution < -0.4 is 0 Å². The van der Waals surface area contributed by atoms with Crippen LogP contribution in [0, 0.1) is 0 Å². The molecular weight excluding hydrogens is 382 g/mol. The molecule has 158 valence electrons. The predicted octanol–water partition coefficient (Wildman–Crippen LogP) is 4.87. The largest absolute Gasteiger partial charge is 0.373 e. The summed E-state index contributed by atoms with van der Waals surface area (Å²) in [7, 11) is 2.14. The molecule has 2 aliphatic rings. The minimum Gasteiger partial charge on any atom is -0.373 e. The molecule has 4 heteroatoms. The van der Waals surface area contributed by atoms with Gasteiger partial charge in [-0.3, -0.25) is 4.90 Å². The number of hydrogen-bond donors (Lipinski definition) is 0. The Bertz CT molecular complexity index is 995. The van der Waals surface area contributed by atoms with Crippen molar-refractivity contribution in [3.05, 3.63) is 107 Å². The van der Waals surface area contributed by atoms with Gasteiger partial charge >= 0.3 is 0 Å². The fourth-order valence-electron chi connectivity index (χ4n) is 4.68. The number of likely N-dealkylation sites (N-methyl/N-ethyl adjacent to an activating group) is 1. The molecule has 2 heterocycles. The molecule has 0 fully saturated rings. The number of oxime groups is 1. The molecule has 31 heavy (non-hydrogen) atoms. The smallest absolute Gasteiger partial charge is 0.199 e. The number of benzene rings is 3. The summed E-state index contributed by atoms with van der Waals surface area (Å²) in [4.78, 5) is 10.7. The van der Waals surface area contributed by atoms with Gasteiger partial charge in [0.2, 0.25) is 0 Å². The summed E-state index contributed by atoms with van der Waals surface area (Å²) < 4.78 is 0. The normalized spacial score (nSPS) is 19.0. The van der Waals surface area contributed by atoms with Crippen molar-refractivity contribution in [1.29, 1.82) is 0 Å². The fourth-order valence-corrected chi connectivity index (χ4v) is 4.68. The topological polar surface area (TPSA) is 28.1 Å². The average molecular weight is 412 g/mol. The minimum atomic E-state index is -0.00555. The third-order valence-corrected chi connectivity index (χ3v) is 6.51. The van der Waals surface area contributed by atoms with Crippen LogP contribution >= 0.6 is 0 Å². The average Bonchev–Trinajstić information content (AvgIpc) is 2.84. The van der Waals surface area contributed by atoms with Crippen LogP contribution in [0.1, 0.15) is 34.6 Å². The second-order valence-electron chi connectivity index (χ2n) is 8.52. The van der Waals surface area contributed by atoms with Crippen LogP contribution in [0.25, 0.3) is 0 Å². The summed E-state index contributed by atoms with van der Waals surface area (Å²) in [5.41, 5.74) is 5.47. The lowest BCUT2D eigenvalue weighted by Crippen LogP contribution is -2.50. The van der Waals surface area contributed by atoms with Crippen molar-refractivity contribution in [3.63, 3.8) is 0 Å². The van der Waals surface area contributed by atoms with Crippen LogP contribution in [-0.2, 0) is 17.8 Å². The molecule has 4 nitrogen and oxygen atoms in total. The van der Waals surface area contributed by atoms with E-state index in [1.165, 1.54) is 22.3 Å². The molecule has 0 radical (unpaired) electrons. The number of rotatable bonds is 5. The number of amidine groups is 1. The van der Waals surface area contributed by atoms with Crippen molar-refractivity contribution in [2.45, 2.75) is 31.5 Å². The molecular formula is C27H29N3O. The summed E-state index contributed by atoms with van der Waals surface area (Å²) >= 11 is 0. The van der Waals surface area contributed by atoms with Gasteiger partial charge in [-0.15, -0.1) is 0 Å². The molecule has 0 aliphatic carbocycles. The van der Waals surface area contributed by atoms with Crippen LogP contribution in [0.15, 0.2) is 90.1 Å². The SMILES string of the molecule is CN1CC(N2CCc3ccccc3C2)ON=C1CC(c1ccccc1)c1ccccc1. The van der Waals surface area contributed by atoms with Gasteiger partial charge in [-0.1, -0.05) is 90.1 Å². The summed E-state index contributed by atoms with van der Waals surface area (Å²) in [6, 6.07) is 30.1. The molecule has 1 unspecified atom stereocenters. The van der Waals surface area contributed by atoms with E-state index in [0.717, 1.165) is 38.3 Å². The van der Waals surface area contributed by atoms with Crippen molar-refractivity contribution in [1.82, 2.24) is 9.80 Å². The van der Waals surface area contributed by atoms with E-state index in [1.807, 2.05) is 0 Å². The molecule has 0 spiro atoms. The minimum absolute atomic E-state index is 0.00555. The van der Waals surface area contributed by atoms with Crippen molar-refractivity contribution < 1.29 is 4.84 Å². The Labute approximate surface area is 184 Å². The van der Waals surface area contributed by atoms with E-state index in [9.17, 15) is 0 Å². The van der Waals surface area contributed by atoms with Crippen LogP contribution in [0.5, 0.6) is 0 Å². The van der Waals surface area contributed by atoms with Gasteiger partial charge in [-0.05, 0) is 28.7 Å². The zero-order chi connectivity index (χ0) is 21.0. The lowest BCUT2D eigenvalue weighted by molar-refractivity contribution is -0.0854. The first-order chi connectivity index (χ1) is 15.3. The Kier molecular flexibility index (Phi) is 5.72. The maximum Gasteiger partial charge on any atom is 0.199 e. The number of hydrogen-bond acceptors (Lipinski definition) is 4. The monoisotopic (exact) mass is 411 g/mol. The van der Waals surface area contributed by atoms with E-state index in [-0.39, 0.29) is 12.1 Å². The molecule has 3 aromatic rings. The third-order valence-electron chi connectivity index (χ3n) is 6.51. The standard InChI is InChI=1S/C27H29N3O/c1-29-20-27(30-17-16-21-10-8-9-15-24(21)19-30)31-28-26(29)18-25(22-11-4-2-5-12-22)23-13-6-3-7-14-23/h2-15,25,27H,16-20H2,1H3. The van der Waals surface area contributed by atoms with Gasteiger partial charge in [0.25, 0.3) is 0 Å². The lowest BCUT2D eigenvalue weighted by atomic mass is 9.88. The van der Waals surface area contributed by atoms with Crippen molar-refractivity contribution in [2.24, 2.45) is 5.16 Å². The first-order valence-electron chi connectivity index (χ1n) is 11.1. The quantitative estimate of drug-likeness (QED) is 0.600. The van der Waals surface area contributed by atoms with Gasteiger partial charge in [-0.25, -0.2) is 0 Å². The highest BCUT2D eigenvalue weighted by Gasteiger charge is 2.31. The molecule has 0 N–H and O–H groups in total. The summed E-state index contributed by atoms with van der Waals surface area (Å²) in [5.74, 6) is 1.26. The second kappa shape index (κ2) is 8.94. The first kappa shape index (κ1) is 19.8. The van der Waals surface area contributed by atoms with Crippen molar-refractivity contribution in [2.75, 3.05) is 20.1 Å². The Balaban J connectivity index is 1.32. The molecule has 0 amide bonds. The Morgan fingerprint density at radius 3 is 2.13 bits per heavy atom. The van der Waals surface area contributed by atoms with E-state index in [2.05, 4.69) is 107 Å². The zero-order valence-electron chi connectivity index (χ0n) is 18.0. The summed E-state index contributed by atoms with van der Waals surface area (Å²) in [6.45, 7) is 2.77. The molecule has 1 atom stereocenters. The van der Waals surface area contributed by atoms with Crippen LogP contribution in [0.3, 0.4) is 0 Å². The highest BCUT2D eigenvalue weighted by molar-refractivity contribution is 5.83. The number of fused-ring (bicyclic) bond motifs is 1. The number of nitrogens with zero attached hydrogens (tertiary/aromatic N) is 3. The molecule has 0 saturated heterocycles. The van der Waals surface area contributed by atoms with E-state index < -0.39 is 0 Å². The first-order valence-corrected chi connectivity index (χ1v) is 11.1. The maximum atomic E-state index is 6.06. The lowest BCUT2D eigenvalue weighted by Gasteiger charge is -2.39. The summed E-state index contributed by atoms with van der Waals surface area (Å²) in [6.07, 6.45) is 1.88. The Morgan fingerprint density at radius 2 is 1.48 bits per heavy atom. The summed E-state index contributed by atoms with van der Waals surface area (Å²) in [5, 5.41) is 4.61. The van der Waals surface area contributed by atoms with E-state index in [0.29, 0.717) is 0 Å². The van der Waals surface area contributed by atoms with Gasteiger partial charge in [0.1, 0.15) is 5.84 Å². The van der Waals surface area contributed by atoms with E-state index in [1.54, 1.807) is 0 Å². The second-order valence-corrected chi connectivity index (χ2v) is 8.52. The highest BCUT2D eigenvalue weighted by atomic mass is 16.7. The molecule has 0 saturated carbocycles. The van der Waals surface area contributed by atoms with Crippen molar-refractivity contribution >= 4 is 5.84 Å². The van der Waals surface area contributed by atoms with E-state index >= 15 is 0 Å². The molecule has 3 aromatic carbocycles. The Morgan fingerprint density at radius 1 is 0.871 bits per heavy atom. The van der Waals surface area contributed by atoms with Crippen LogP contribution in [0.2, 0.25) is 0 Å². The van der Waals surface area contributed by atoms with Gasteiger partial charge in [0, 0.05) is 32.5 Å². The molecule has 0 aromatic heterocycles. The maximum absolute atomic E-state index is 6.06. The Hall–Kier alpha value is -3.11.